The fourth-order valence-electron chi connectivity index (χ4n) is 3.64. The first-order chi connectivity index (χ1) is 12.8. The summed E-state index contributed by atoms with van der Waals surface area (Å²) >= 11 is 0. The molecule has 26 heavy (non-hydrogen) atoms. The summed E-state index contributed by atoms with van der Waals surface area (Å²) in [6.07, 6.45) is 6.60. The molecule has 0 spiro atoms. The van der Waals surface area contributed by atoms with Gasteiger partial charge in [0.2, 0.25) is 0 Å². The van der Waals surface area contributed by atoms with Crippen molar-refractivity contribution in [3.05, 3.63) is 60.3 Å². The summed E-state index contributed by atoms with van der Waals surface area (Å²) in [6, 6.07) is 11.9. The van der Waals surface area contributed by atoms with Crippen molar-refractivity contribution in [3.63, 3.8) is 0 Å². The number of nitrogens with one attached hydrogen (secondary N) is 1. The molecular formula is C20H23N5O. The summed E-state index contributed by atoms with van der Waals surface area (Å²) < 4.78 is 1.76. The average Bonchev–Trinajstić information content (AvgIpc) is 3.37. The Hall–Kier alpha value is -2.89. The quantitative estimate of drug-likeness (QED) is 0.782. The summed E-state index contributed by atoms with van der Waals surface area (Å²) in [6.45, 7) is 3.43. The normalized spacial score (nSPS) is 17.4. The number of hydrogen-bond acceptors (Lipinski definition) is 3. The molecule has 0 bridgehead atoms. The molecule has 1 aromatic carbocycles. The van der Waals surface area contributed by atoms with Gasteiger partial charge in [0.25, 0.3) is 5.91 Å². The van der Waals surface area contributed by atoms with E-state index in [-0.39, 0.29) is 11.9 Å². The third-order valence-corrected chi connectivity index (χ3v) is 4.99. The molecular weight excluding hydrogens is 326 g/mol. The van der Waals surface area contributed by atoms with Gasteiger partial charge in [-0.05, 0) is 37.8 Å². The van der Waals surface area contributed by atoms with E-state index in [4.69, 9.17) is 0 Å². The van der Waals surface area contributed by atoms with Crippen molar-refractivity contribution in [2.24, 2.45) is 0 Å². The molecule has 1 atom stereocenters. The zero-order valence-corrected chi connectivity index (χ0v) is 14.9. The lowest BCUT2D eigenvalue weighted by Crippen LogP contribution is -2.40. The van der Waals surface area contributed by atoms with Gasteiger partial charge >= 0.3 is 0 Å². The molecule has 1 aliphatic heterocycles. The van der Waals surface area contributed by atoms with Crippen molar-refractivity contribution < 1.29 is 4.79 Å². The average molecular weight is 349 g/mol. The molecule has 6 heteroatoms. The molecule has 3 heterocycles. The minimum absolute atomic E-state index is 0.0195. The second kappa shape index (κ2) is 7.15. The van der Waals surface area contributed by atoms with Gasteiger partial charge in [0.1, 0.15) is 11.5 Å². The summed E-state index contributed by atoms with van der Waals surface area (Å²) in [5, 5.41) is 4.24. The number of imidazole rings is 1. The SMILES string of the molecule is CCn1nccc1C(=O)N1CCCC[C@@H]1c1ncc(-c2ccccc2)[nH]1. The van der Waals surface area contributed by atoms with Crippen LogP contribution in [0.4, 0.5) is 0 Å². The van der Waals surface area contributed by atoms with Crippen LogP contribution in [0.25, 0.3) is 11.3 Å². The fraction of sp³-hybridized carbons (Fsp3) is 0.350. The number of benzene rings is 1. The van der Waals surface area contributed by atoms with Crippen molar-refractivity contribution in [2.75, 3.05) is 6.54 Å². The summed E-state index contributed by atoms with van der Waals surface area (Å²) in [7, 11) is 0. The van der Waals surface area contributed by atoms with Crippen LogP contribution in [-0.2, 0) is 6.54 Å². The van der Waals surface area contributed by atoms with E-state index in [1.807, 2.05) is 36.2 Å². The molecule has 3 aromatic rings. The molecule has 1 fully saturated rings. The number of amides is 1. The second-order valence-electron chi connectivity index (χ2n) is 6.59. The molecule has 1 amide bonds. The van der Waals surface area contributed by atoms with Crippen LogP contribution in [0.2, 0.25) is 0 Å². The fourth-order valence-corrected chi connectivity index (χ4v) is 3.64. The number of rotatable bonds is 4. The van der Waals surface area contributed by atoms with Gasteiger partial charge in [-0.25, -0.2) is 4.98 Å². The van der Waals surface area contributed by atoms with E-state index in [2.05, 4.69) is 27.2 Å². The molecule has 0 aliphatic carbocycles. The number of carbonyl (C=O) groups is 1. The summed E-state index contributed by atoms with van der Waals surface area (Å²) in [5.74, 6) is 0.895. The molecule has 134 valence electrons. The molecule has 0 saturated carbocycles. The van der Waals surface area contributed by atoms with E-state index in [1.165, 1.54) is 0 Å². The number of hydrogen-bond donors (Lipinski definition) is 1. The third-order valence-electron chi connectivity index (χ3n) is 4.99. The Morgan fingerprint density at radius 1 is 1.23 bits per heavy atom. The molecule has 0 radical (unpaired) electrons. The van der Waals surface area contributed by atoms with Gasteiger partial charge < -0.3 is 9.88 Å². The van der Waals surface area contributed by atoms with Crippen LogP contribution in [0.5, 0.6) is 0 Å². The Morgan fingerprint density at radius 2 is 2.08 bits per heavy atom. The number of likely N-dealkylation sites (tertiary alicyclic amines) is 1. The lowest BCUT2D eigenvalue weighted by Gasteiger charge is -2.34. The van der Waals surface area contributed by atoms with Crippen molar-refractivity contribution in [2.45, 2.75) is 38.8 Å². The van der Waals surface area contributed by atoms with Crippen molar-refractivity contribution in [3.8, 4) is 11.3 Å². The summed E-state index contributed by atoms with van der Waals surface area (Å²) in [5.41, 5.74) is 2.73. The minimum Gasteiger partial charge on any atom is -0.340 e. The number of piperidine rings is 1. The van der Waals surface area contributed by atoms with E-state index < -0.39 is 0 Å². The van der Waals surface area contributed by atoms with Gasteiger partial charge in [0.05, 0.1) is 17.9 Å². The number of aromatic amines is 1. The standard InChI is InChI=1S/C20H23N5O/c1-2-25-18(11-12-22-25)20(26)24-13-7-6-10-17(24)19-21-14-16(23-19)15-8-4-3-5-9-15/h3-5,8-9,11-12,14,17H,2,6-7,10,13H2,1H3,(H,21,23)/t17-/m1/s1. The van der Waals surface area contributed by atoms with Crippen LogP contribution in [0.3, 0.4) is 0 Å². The lowest BCUT2D eigenvalue weighted by atomic mass is 10.0. The topological polar surface area (TPSA) is 66.8 Å². The Bertz CT molecular complexity index is 883. The molecule has 1 N–H and O–H groups in total. The zero-order valence-electron chi connectivity index (χ0n) is 14.9. The minimum atomic E-state index is -0.0195. The zero-order chi connectivity index (χ0) is 17.9. The number of carbonyl (C=O) groups excluding carboxylic acids is 1. The highest BCUT2D eigenvalue weighted by Crippen LogP contribution is 2.31. The van der Waals surface area contributed by atoms with Gasteiger partial charge in [0.15, 0.2) is 0 Å². The largest absolute Gasteiger partial charge is 0.340 e. The van der Waals surface area contributed by atoms with E-state index in [1.54, 1.807) is 16.9 Å². The smallest absolute Gasteiger partial charge is 0.272 e. The Kier molecular flexibility index (Phi) is 4.56. The predicted molar refractivity (Wildman–Crippen MR) is 99.6 cm³/mol. The molecule has 1 aliphatic rings. The maximum absolute atomic E-state index is 13.1. The third kappa shape index (κ3) is 3.03. The van der Waals surface area contributed by atoms with Crippen LogP contribution in [-0.4, -0.2) is 37.1 Å². The molecule has 6 nitrogen and oxygen atoms in total. The van der Waals surface area contributed by atoms with Gasteiger partial charge in [-0.15, -0.1) is 0 Å². The Morgan fingerprint density at radius 3 is 2.88 bits per heavy atom. The number of aryl methyl sites for hydroxylation is 1. The monoisotopic (exact) mass is 349 g/mol. The maximum atomic E-state index is 13.1. The molecule has 4 rings (SSSR count). The molecule has 0 unspecified atom stereocenters. The first-order valence-corrected chi connectivity index (χ1v) is 9.21. The van der Waals surface area contributed by atoms with Crippen LogP contribution in [0, 0.1) is 0 Å². The highest BCUT2D eigenvalue weighted by atomic mass is 16.2. The Balaban J connectivity index is 1.62. The highest BCUT2D eigenvalue weighted by Gasteiger charge is 2.32. The van der Waals surface area contributed by atoms with Crippen LogP contribution in [0.15, 0.2) is 48.8 Å². The Labute approximate surface area is 152 Å². The van der Waals surface area contributed by atoms with Crippen molar-refractivity contribution in [1.82, 2.24) is 24.6 Å². The van der Waals surface area contributed by atoms with Crippen molar-refractivity contribution in [1.29, 1.82) is 0 Å². The number of aromatic nitrogens is 4. The second-order valence-corrected chi connectivity index (χ2v) is 6.59. The highest BCUT2D eigenvalue weighted by molar-refractivity contribution is 5.92. The number of H-pyrrole nitrogens is 1. The summed E-state index contributed by atoms with van der Waals surface area (Å²) in [4.78, 5) is 23.1. The lowest BCUT2D eigenvalue weighted by molar-refractivity contribution is 0.0588. The molecule has 1 saturated heterocycles. The van der Waals surface area contributed by atoms with Crippen LogP contribution in [0.1, 0.15) is 48.5 Å². The number of nitrogens with zero attached hydrogens (tertiary/aromatic N) is 4. The molecule has 2 aromatic heterocycles. The van der Waals surface area contributed by atoms with Crippen LogP contribution < -0.4 is 0 Å². The van der Waals surface area contributed by atoms with Gasteiger partial charge in [-0.3, -0.25) is 9.48 Å². The maximum Gasteiger partial charge on any atom is 0.272 e. The van der Waals surface area contributed by atoms with E-state index in [0.29, 0.717) is 12.2 Å². The first kappa shape index (κ1) is 16.6. The predicted octanol–water partition coefficient (Wildman–Crippen LogP) is 3.66. The van der Waals surface area contributed by atoms with Gasteiger partial charge in [0, 0.05) is 19.3 Å². The van der Waals surface area contributed by atoms with Crippen LogP contribution >= 0.6 is 0 Å². The van der Waals surface area contributed by atoms with E-state index in [9.17, 15) is 4.79 Å². The van der Waals surface area contributed by atoms with E-state index in [0.717, 1.165) is 42.9 Å². The van der Waals surface area contributed by atoms with Gasteiger partial charge in [-0.1, -0.05) is 30.3 Å². The van der Waals surface area contributed by atoms with E-state index >= 15 is 0 Å². The van der Waals surface area contributed by atoms with Crippen molar-refractivity contribution >= 4 is 5.91 Å². The first-order valence-electron chi connectivity index (χ1n) is 9.21. The van der Waals surface area contributed by atoms with Gasteiger partial charge in [-0.2, -0.15) is 5.10 Å².